The van der Waals surface area contributed by atoms with Crippen LogP contribution in [0.2, 0.25) is 0 Å². The Balaban J connectivity index is 2.06. The van der Waals surface area contributed by atoms with E-state index in [9.17, 15) is 4.79 Å². The first kappa shape index (κ1) is 12.5. The minimum absolute atomic E-state index is 0.0263. The molecule has 0 spiro atoms. The molecular weight excluding hydrogens is 254 g/mol. The molecule has 5 nitrogen and oxygen atoms in total. The van der Waals surface area contributed by atoms with Crippen molar-refractivity contribution in [3.05, 3.63) is 64.1 Å². The summed E-state index contributed by atoms with van der Waals surface area (Å²) in [7, 11) is 1.89. The summed E-state index contributed by atoms with van der Waals surface area (Å²) in [6.45, 7) is 0. The molecule has 3 aromatic rings. The Morgan fingerprint density at radius 1 is 1.15 bits per heavy atom. The molecule has 1 heterocycles. The minimum atomic E-state index is -0.439. The van der Waals surface area contributed by atoms with Crippen molar-refractivity contribution in [2.75, 3.05) is 12.8 Å². The molecule has 1 unspecified atom stereocenters. The van der Waals surface area contributed by atoms with Crippen molar-refractivity contribution in [3.8, 4) is 0 Å². The highest BCUT2D eigenvalue weighted by Crippen LogP contribution is 2.24. The van der Waals surface area contributed by atoms with Crippen molar-refractivity contribution in [1.29, 1.82) is 0 Å². The van der Waals surface area contributed by atoms with Crippen molar-refractivity contribution >= 4 is 16.8 Å². The van der Waals surface area contributed by atoms with E-state index in [2.05, 4.69) is 10.3 Å². The highest BCUT2D eigenvalue weighted by Gasteiger charge is 2.13. The molecule has 1 aromatic heterocycles. The van der Waals surface area contributed by atoms with Crippen molar-refractivity contribution < 1.29 is 4.42 Å². The summed E-state index contributed by atoms with van der Waals surface area (Å²) < 4.78 is 5.01. The molecule has 102 valence electrons. The van der Waals surface area contributed by atoms with Crippen LogP contribution in [-0.4, -0.2) is 12.0 Å². The lowest BCUT2D eigenvalue weighted by atomic mass is 9.98. The van der Waals surface area contributed by atoms with Crippen LogP contribution in [0.15, 0.2) is 51.7 Å². The number of hydrogen-bond donors (Lipinski definition) is 3. The molecule has 0 aliphatic heterocycles. The fraction of sp³-hybridized carbons (Fsp3) is 0.133. The van der Waals surface area contributed by atoms with Crippen LogP contribution in [0.5, 0.6) is 0 Å². The maximum Gasteiger partial charge on any atom is 0.417 e. The third-order valence-electron chi connectivity index (χ3n) is 3.33. The van der Waals surface area contributed by atoms with Gasteiger partial charge in [-0.3, -0.25) is 4.98 Å². The first-order chi connectivity index (χ1) is 9.67. The van der Waals surface area contributed by atoms with E-state index in [0.717, 1.165) is 16.8 Å². The van der Waals surface area contributed by atoms with Gasteiger partial charge in [0.15, 0.2) is 5.58 Å². The topological polar surface area (TPSA) is 84.0 Å². The zero-order chi connectivity index (χ0) is 14.1. The zero-order valence-corrected chi connectivity index (χ0v) is 11.0. The molecule has 3 rings (SSSR count). The Morgan fingerprint density at radius 3 is 2.55 bits per heavy atom. The van der Waals surface area contributed by atoms with E-state index in [-0.39, 0.29) is 6.04 Å². The van der Waals surface area contributed by atoms with Crippen LogP contribution in [0.4, 0.5) is 5.69 Å². The third-order valence-corrected chi connectivity index (χ3v) is 3.33. The molecule has 0 amide bonds. The number of anilines is 1. The van der Waals surface area contributed by atoms with E-state index in [1.165, 1.54) is 0 Å². The summed E-state index contributed by atoms with van der Waals surface area (Å²) in [6.07, 6.45) is 0. The molecule has 1 atom stereocenters. The SMILES string of the molecule is CNC(c1ccc(N)cc1)c1ccc2oc(=O)[nH]c2c1. The van der Waals surface area contributed by atoms with Gasteiger partial charge in [-0.2, -0.15) is 0 Å². The van der Waals surface area contributed by atoms with Gasteiger partial charge in [-0.15, -0.1) is 0 Å². The van der Waals surface area contributed by atoms with Crippen molar-refractivity contribution in [2.24, 2.45) is 0 Å². The predicted molar refractivity (Wildman–Crippen MR) is 78.6 cm³/mol. The summed E-state index contributed by atoms with van der Waals surface area (Å²) in [6, 6.07) is 13.4. The number of H-pyrrole nitrogens is 1. The normalized spacial score (nSPS) is 12.7. The molecule has 2 aromatic carbocycles. The van der Waals surface area contributed by atoms with Crippen LogP contribution in [-0.2, 0) is 0 Å². The molecule has 0 aliphatic rings. The average molecular weight is 269 g/mol. The molecule has 0 saturated carbocycles. The molecule has 0 saturated heterocycles. The first-order valence-electron chi connectivity index (χ1n) is 6.33. The second-order valence-corrected chi connectivity index (χ2v) is 4.66. The van der Waals surface area contributed by atoms with E-state index >= 15 is 0 Å². The molecule has 0 radical (unpaired) electrons. The van der Waals surface area contributed by atoms with Gasteiger partial charge in [0.1, 0.15) is 0 Å². The largest absolute Gasteiger partial charge is 0.417 e. The van der Waals surface area contributed by atoms with Gasteiger partial charge in [0.2, 0.25) is 0 Å². The van der Waals surface area contributed by atoms with Crippen LogP contribution in [0.25, 0.3) is 11.1 Å². The van der Waals surface area contributed by atoms with Crippen LogP contribution in [0, 0.1) is 0 Å². The highest BCUT2D eigenvalue weighted by molar-refractivity contribution is 5.73. The molecule has 0 aliphatic carbocycles. The minimum Gasteiger partial charge on any atom is -0.408 e. The van der Waals surface area contributed by atoms with Crippen LogP contribution < -0.4 is 16.8 Å². The standard InChI is InChI=1S/C15H15N3O2/c1-17-14(9-2-5-11(16)6-3-9)10-4-7-13-12(8-10)18-15(19)20-13/h2-8,14,17H,16H2,1H3,(H,18,19). The quantitative estimate of drug-likeness (QED) is 0.635. The van der Waals surface area contributed by atoms with E-state index < -0.39 is 5.76 Å². The number of aromatic nitrogens is 1. The van der Waals surface area contributed by atoms with Gasteiger partial charge in [-0.25, -0.2) is 4.79 Å². The van der Waals surface area contributed by atoms with Gasteiger partial charge < -0.3 is 15.5 Å². The van der Waals surface area contributed by atoms with Crippen molar-refractivity contribution in [2.45, 2.75) is 6.04 Å². The van der Waals surface area contributed by atoms with Crippen LogP contribution >= 0.6 is 0 Å². The van der Waals surface area contributed by atoms with Gasteiger partial charge in [0.25, 0.3) is 0 Å². The lowest BCUT2D eigenvalue weighted by Gasteiger charge is -2.17. The molecule has 5 heteroatoms. The smallest absolute Gasteiger partial charge is 0.408 e. The lowest BCUT2D eigenvalue weighted by molar-refractivity contribution is 0.555. The Labute approximate surface area is 115 Å². The molecule has 4 N–H and O–H groups in total. The number of fused-ring (bicyclic) bond motifs is 1. The number of nitrogens with one attached hydrogen (secondary N) is 2. The summed E-state index contributed by atoms with van der Waals surface area (Å²) in [4.78, 5) is 13.9. The van der Waals surface area contributed by atoms with E-state index in [4.69, 9.17) is 10.2 Å². The second-order valence-electron chi connectivity index (χ2n) is 4.66. The number of benzene rings is 2. The summed E-state index contributed by atoms with van der Waals surface area (Å²) in [5, 5.41) is 3.26. The Bertz CT molecular complexity index is 787. The number of aromatic amines is 1. The average Bonchev–Trinajstić information content (AvgIpc) is 2.81. The maximum absolute atomic E-state index is 11.2. The van der Waals surface area contributed by atoms with Crippen LogP contribution in [0.1, 0.15) is 17.2 Å². The number of hydrogen-bond acceptors (Lipinski definition) is 4. The maximum atomic E-state index is 11.2. The fourth-order valence-electron chi connectivity index (χ4n) is 2.36. The monoisotopic (exact) mass is 269 g/mol. The van der Waals surface area contributed by atoms with Crippen molar-refractivity contribution in [3.63, 3.8) is 0 Å². The predicted octanol–water partition coefficient (Wildman–Crippen LogP) is 2.01. The summed E-state index contributed by atoms with van der Waals surface area (Å²) in [5.41, 5.74) is 9.85. The van der Waals surface area contributed by atoms with Gasteiger partial charge in [-0.05, 0) is 42.4 Å². The summed E-state index contributed by atoms with van der Waals surface area (Å²) >= 11 is 0. The molecular formula is C15H15N3O2. The van der Waals surface area contributed by atoms with Gasteiger partial charge in [-0.1, -0.05) is 18.2 Å². The zero-order valence-electron chi connectivity index (χ0n) is 11.0. The fourth-order valence-corrected chi connectivity index (χ4v) is 2.36. The molecule has 0 bridgehead atoms. The number of nitrogens with two attached hydrogens (primary N) is 1. The number of oxazole rings is 1. The lowest BCUT2D eigenvalue weighted by Crippen LogP contribution is -2.17. The molecule has 0 fully saturated rings. The Morgan fingerprint density at radius 2 is 1.85 bits per heavy atom. The number of rotatable bonds is 3. The van der Waals surface area contributed by atoms with Gasteiger partial charge in [0, 0.05) is 5.69 Å². The molecule has 20 heavy (non-hydrogen) atoms. The number of nitrogen functional groups attached to an aromatic ring is 1. The van der Waals surface area contributed by atoms with Gasteiger partial charge >= 0.3 is 5.76 Å². The van der Waals surface area contributed by atoms with E-state index in [1.807, 2.05) is 43.4 Å². The Kier molecular flexibility index (Phi) is 3.04. The van der Waals surface area contributed by atoms with Crippen molar-refractivity contribution in [1.82, 2.24) is 10.3 Å². The van der Waals surface area contributed by atoms with E-state index in [0.29, 0.717) is 11.1 Å². The summed E-state index contributed by atoms with van der Waals surface area (Å²) in [5.74, 6) is -0.439. The van der Waals surface area contributed by atoms with E-state index in [1.54, 1.807) is 6.07 Å². The van der Waals surface area contributed by atoms with Gasteiger partial charge in [0.05, 0.1) is 11.6 Å². The third kappa shape index (κ3) is 2.19. The first-order valence-corrected chi connectivity index (χ1v) is 6.33. The second kappa shape index (κ2) is 4.86. The highest BCUT2D eigenvalue weighted by atomic mass is 16.4. The Hall–Kier alpha value is -2.53. The van der Waals surface area contributed by atoms with Crippen LogP contribution in [0.3, 0.4) is 0 Å².